The van der Waals surface area contributed by atoms with Crippen molar-refractivity contribution in [1.29, 1.82) is 0 Å². The average Bonchev–Trinajstić information content (AvgIpc) is 3.32. The molecule has 34 heavy (non-hydrogen) atoms. The molecule has 1 aliphatic heterocycles. The Hall–Kier alpha value is -4.05. The first-order valence-electron chi connectivity index (χ1n) is 10.3. The Balaban J connectivity index is 1.76. The van der Waals surface area contributed by atoms with Gasteiger partial charge < -0.3 is 14.3 Å². The first-order valence-corrected chi connectivity index (χ1v) is 11.1. The zero-order valence-corrected chi connectivity index (χ0v) is 18.8. The number of phenols is 1. The SMILES string of the molecule is CCOC(=O)c1sc(N2C(=O)c3oc4ccc(F)cc4c(=O)c3[C@H]2c2cccc(O)c2)nc1C. The average molecular weight is 480 g/mol. The van der Waals surface area contributed by atoms with E-state index >= 15 is 0 Å². The number of amides is 1. The molecule has 172 valence electrons. The van der Waals surface area contributed by atoms with Crippen LogP contribution < -0.4 is 10.3 Å². The number of hydrogen-bond acceptors (Lipinski definition) is 8. The van der Waals surface area contributed by atoms with Gasteiger partial charge in [-0.1, -0.05) is 23.5 Å². The number of esters is 1. The largest absolute Gasteiger partial charge is 0.508 e. The van der Waals surface area contributed by atoms with E-state index in [1.807, 2.05) is 0 Å². The smallest absolute Gasteiger partial charge is 0.350 e. The van der Waals surface area contributed by atoms with Crippen LogP contribution in [0.1, 0.15) is 50.0 Å². The third-order valence-electron chi connectivity index (χ3n) is 5.47. The highest BCUT2D eigenvalue weighted by atomic mass is 32.1. The summed E-state index contributed by atoms with van der Waals surface area (Å²) in [7, 11) is 0. The lowest BCUT2D eigenvalue weighted by Crippen LogP contribution is -2.29. The molecule has 1 amide bonds. The van der Waals surface area contributed by atoms with Crippen molar-refractivity contribution in [2.75, 3.05) is 11.5 Å². The third-order valence-corrected chi connectivity index (χ3v) is 6.61. The molecule has 0 radical (unpaired) electrons. The Bertz CT molecular complexity index is 1540. The number of benzene rings is 2. The number of carbonyl (C=O) groups excluding carboxylic acids is 2. The fourth-order valence-corrected chi connectivity index (χ4v) is 5.01. The molecule has 1 atom stereocenters. The molecule has 4 aromatic rings. The molecule has 2 aromatic carbocycles. The van der Waals surface area contributed by atoms with Crippen LogP contribution in [0.15, 0.2) is 51.7 Å². The monoisotopic (exact) mass is 480 g/mol. The van der Waals surface area contributed by atoms with Gasteiger partial charge in [0.05, 0.1) is 29.3 Å². The van der Waals surface area contributed by atoms with Gasteiger partial charge in [0.1, 0.15) is 22.0 Å². The summed E-state index contributed by atoms with van der Waals surface area (Å²) in [5.74, 6) is -2.11. The van der Waals surface area contributed by atoms with Crippen LogP contribution >= 0.6 is 11.3 Å². The molecule has 0 spiro atoms. The summed E-state index contributed by atoms with van der Waals surface area (Å²) in [6, 6.07) is 8.56. The molecule has 2 aromatic heterocycles. The normalized spacial score (nSPS) is 15.1. The minimum atomic E-state index is -1.01. The minimum absolute atomic E-state index is 0.000706. The number of halogens is 1. The zero-order valence-electron chi connectivity index (χ0n) is 18.0. The third kappa shape index (κ3) is 3.34. The van der Waals surface area contributed by atoms with Crippen molar-refractivity contribution >= 4 is 39.3 Å². The molecule has 0 fully saturated rings. The summed E-state index contributed by atoms with van der Waals surface area (Å²) >= 11 is 0.948. The molecule has 0 unspecified atom stereocenters. The van der Waals surface area contributed by atoms with E-state index in [4.69, 9.17) is 9.15 Å². The number of phenolic OH excluding ortho intramolecular Hbond substituents is 1. The molecular weight excluding hydrogens is 463 g/mol. The number of nitrogens with zero attached hydrogens (tertiary/aromatic N) is 2. The fourth-order valence-electron chi connectivity index (χ4n) is 4.02. The number of carbonyl (C=O) groups is 2. The van der Waals surface area contributed by atoms with E-state index in [0.717, 1.165) is 23.5 Å². The van der Waals surface area contributed by atoms with E-state index in [9.17, 15) is 23.9 Å². The lowest BCUT2D eigenvalue weighted by molar-refractivity contribution is 0.0531. The van der Waals surface area contributed by atoms with E-state index < -0.39 is 29.2 Å². The molecule has 8 nitrogen and oxygen atoms in total. The van der Waals surface area contributed by atoms with Crippen LogP contribution in [0, 0.1) is 12.7 Å². The molecule has 0 bridgehead atoms. The van der Waals surface area contributed by atoms with Crippen molar-refractivity contribution in [2.45, 2.75) is 19.9 Å². The molecule has 0 saturated heterocycles. The van der Waals surface area contributed by atoms with Crippen LogP contribution in [0.25, 0.3) is 11.0 Å². The first-order chi connectivity index (χ1) is 16.3. The summed E-state index contributed by atoms with van der Waals surface area (Å²) in [4.78, 5) is 45.2. The Labute approximate surface area is 195 Å². The van der Waals surface area contributed by atoms with Crippen molar-refractivity contribution in [3.63, 3.8) is 0 Å². The second-order valence-corrected chi connectivity index (χ2v) is 8.60. The number of fused-ring (bicyclic) bond motifs is 2. The van der Waals surface area contributed by atoms with Gasteiger partial charge in [-0.2, -0.15) is 0 Å². The maximum absolute atomic E-state index is 13.9. The Morgan fingerprint density at radius 3 is 2.79 bits per heavy atom. The van der Waals surface area contributed by atoms with Crippen molar-refractivity contribution in [3.8, 4) is 5.75 Å². The van der Waals surface area contributed by atoms with Crippen molar-refractivity contribution in [1.82, 2.24) is 4.98 Å². The van der Waals surface area contributed by atoms with Crippen LogP contribution in [0.2, 0.25) is 0 Å². The van der Waals surface area contributed by atoms with Crippen LogP contribution in [-0.2, 0) is 4.74 Å². The maximum Gasteiger partial charge on any atom is 0.350 e. The summed E-state index contributed by atoms with van der Waals surface area (Å²) in [6.45, 7) is 3.47. The first kappa shape index (κ1) is 21.8. The fraction of sp³-hybridized carbons (Fsp3) is 0.167. The number of aryl methyl sites for hydroxylation is 1. The Morgan fingerprint density at radius 1 is 1.26 bits per heavy atom. The van der Waals surface area contributed by atoms with Gasteiger partial charge in [-0.25, -0.2) is 14.2 Å². The van der Waals surface area contributed by atoms with Crippen molar-refractivity contribution < 1.29 is 28.2 Å². The molecule has 0 saturated carbocycles. The molecule has 5 rings (SSSR count). The maximum atomic E-state index is 13.9. The molecule has 10 heteroatoms. The zero-order chi connectivity index (χ0) is 24.1. The van der Waals surface area contributed by atoms with E-state index in [1.54, 1.807) is 26.0 Å². The molecule has 1 N–H and O–H groups in total. The van der Waals surface area contributed by atoms with Crippen LogP contribution in [0.5, 0.6) is 5.75 Å². The van der Waals surface area contributed by atoms with Crippen molar-refractivity contribution in [3.05, 3.63) is 86.0 Å². The van der Waals surface area contributed by atoms with Gasteiger partial charge in [0, 0.05) is 0 Å². The summed E-state index contributed by atoms with van der Waals surface area (Å²) in [6.07, 6.45) is 0. The van der Waals surface area contributed by atoms with Crippen molar-refractivity contribution in [2.24, 2.45) is 0 Å². The number of ether oxygens (including phenoxy) is 1. The molecular formula is C24H17FN2O6S. The van der Waals surface area contributed by atoms with Crippen LogP contribution in [0.4, 0.5) is 9.52 Å². The highest BCUT2D eigenvalue weighted by Crippen LogP contribution is 2.43. The van der Waals surface area contributed by atoms with E-state index in [-0.39, 0.29) is 44.7 Å². The summed E-state index contributed by atoms with van der Waals surface area (Å²) in [5, 5.41) is 10.2. The van der Waals surface area contributed by atoms with Gasteiger partial charge in [0.25, 0.3) is 5.91 Å². The number of anilines is 1. The van der Waals surface area contributed by atoms with Gasteiger partial charge >= 0.3 is 5.97 Å². The lowest BCUT2D eigenvalue weighted by atomic mass is 9.98. The highest BCUT2D eigenvalue weighted by Gasteiger charge is 2.45. The number of aromatic nitrogens is 1. The summed E-state index contributed by atoms with van der Waals surface area (Å²) < 4.78 is 24.8. The van der Waals surface area contributed by atoms with Gasteiger partial charge in [-0.3, -0.25) is 14.5 Å². The van der Waals surface area contributed by atoms with Gasteiger partial charge in [-0.15, -0.1) is 0 Å². The van der Waals surface area contributed by atoms with Gasteiger partial charge in [0.2, 0.25) is 5.76 Å². The Morgan fingerprint density at radius 2 is 2.06 bits per heavy atom. The highest BCUT2D eigenvalue weighted by molar-refractivity contribution is 7.17. The van der Waals surface area contributed by atoms with E-state index in [2.05, 4.69) is 4.98 Å². The van der Waals surface area contributed by atoms with Gasteiger partial charge in [-0.05, 0) is 49.7 Å². The standard InChI is InChI=1S/C24H17FN2O6S/c1-3-32-23(31)21-11(2)26-24(34-21)27-18(12-5-4-6-14(28)9-12)17-19(29)15-10-13(25)7-8-16(15)33-20(17)22(27)30/h4-10,18,28H,3H2,1-2H3/t18-/m1/s1. The Kier molecular flexibility index (Phi) is 5.17. The topological polar surface area (TPSA) is 110 Å². The summed E-state index contributed by atoms with van der Waals surface area (Å²) in [5.41, 5.74) is 0.277. The van der Waals surface area contributed by atoms with Crippen LogP contribution in [-0.4, -0.2) is 28.6 Å². The molecule has 0 aliphatic carbocycles. The second kappa shape index (κ2) is 8.07. The lowest BCUT2D eigenvalue weighted by Gasteiger charge is -2.22. The predicted molar refractivity (Wildman–Crippen MR) is 122 cm³/mol. The second-order valence-electron chi connectivity index (χ2n) is 7.62. The van der Waals surface area contributed by atoms with E-state index in [0.29, 0.717) is 11.3 Å². The minimum Gasteiger partial charge on any atom is -0.508 e. The van der Waals surface area contributed by atoms with Gasteiger partial charge in [0.15, 0.2) is 10.6 Å². The number of rotatable bonds is 4. The number of hydrogen-bond donors (Lipinski definition) is 1. The number of thiazole rings is 1. The predicted octanol–water partition coefficient (Wildman–Crippen LogP) is 4.33. The quantitative estimate of drug-likeness (QED) is 0.433. The number of aromatic hydroxyl groups is 1. The van der Waals surface area contributed by atoms with Crippen LogP contribution in [0.3, 0.4) is 0 Å². The molecule has 3 heterocycles. The molecule has 1 aliphatic rings. The van der Waals surface area contributed by atoms with E-state index in [1.165, 1.54) is 23.1 Å².